The van der Waals surface area contributed by atoms with Gasteiger partial charge < -0.3 is 9.30 Å². The number of carbonyl (C=O) groups is 1. The summed E-state index contributed by atoms with van der Waals surface area (Å²) >= 11 is 5.01. The molecule has 0 saturated heterocycles. The molecular weight excluding hydrogens is 464 g/mol. The number of anilines is 1. The number of nitrogens with zero attached hydrogens (tertiary/aromatic N) is 4. The highest BCUT2D eigenvalue weighted by atomic mass is 79.9. The van der Waals surface area contributed by atoms with Crippen LogP contribution < -0.4 is 9.64 Å². The van der Waals surface area contributed by atoms with Gasteiger partial charge in [0.2, 0.25) is 0 Å². The highest BCUT2D eigenvalue weighted by Crippen LogP contribution is 2.31. The predicted molar refractivity (Wildman–Crippen MR) is 123 cm³/mol. The Bertz CT molecular complexity index is 1140. The maximum atomic E-state index is 13.1. The topological polar surface area (TPSA) is 60.2 Å². The molecule has 154 valence electrons. The molecule has 4 rings (SSSR count). The lowest BCUT2D eigenvalue weighted by molar-refractivity contribution is -0.120. The Morgan fingerprint density at radius 2 is 2.17 bits per heavy atom. The van der Waals surface area contributed by atoms with Crippen LogP contribution in [0.1, 0.15) is 12.0 Å². The lowest BCUT2D eigenvalue weighted by atomic mass is 10.2. The molecule has 2 aromatic heterocycles. The van der Waals surface area contributed by atoms with E-state index in [-0.39, 0.29) is 12.5 Å². The molecule has 6 nitrogen and oxygen atoms in total. The van der Waals surface area contributed by atoms with Gasteiger partial charge in [-0.2, -0.15) is 0 Å². The van der Waals surface area contributed by atoms with Crippen LogP contribution in [0.4, 0.5) is 5.13 Å². The highest BCUT2D eigenvalue weighted by Gasteiger charge is 2.20. The second kappa shape index (κ2) is 9.40. The molecule has 0 radical (unpaired) electrons. The summed E-state index contributed by atoms with van der Waals surface area (Å²) in [7, 11) is 0. The number of aromatic nitrogens is 3. The van der Waals surface area contributed by atoms with Crippen LogP contribution in [0.25, 0.3) is 10.2 Å². The standard InChI is InChI=1S/C22H21BrN4O2S/c1-16-4-2-5-18(12-16)29-14-21(28)27(10-3-9-26-11-8-24-15-26)22-25-19-7-6-17(23)13-20(19)30-22/h2,4-8,11-13,15H,3,9-10,14H2,1H3. The highest BCUT2D eigenvalue weighted by molar-refractivity contribution is 9.10. The third kappa shape index (κ3) is 5.06. The minimum Gasteiger partial charge on any atom is -0.484 e. The number of benzene rings is 2. The van der Waals surface area contributed by atoms with Crippen molar-refractivity contribution >= 4 is 48.5 Å². The van der Waals surface area contributed by atoms with E-state index in [0.717, 1.165) is 33.2 Å². The van der Waals surface area contributed by atoms with E-state index < -0.39 is 0 Å². The second-order valence-electron chi connectivity index (χ2n) is 6.91. The lowest BCUT2D eigenvalue weighted by Gasteiger charge is -2.20. The fourth-order valence-electron chi connectivity index (χ4n) is 3.09. The number of thiazole rings is 1. The van der Waals surface area contributed by atoms with E-state index in [1.807, 2.05) is 60.2 Å². The summed E-state index contributed by atoms with van der Waals surface area (Å²) in [5.41, 5.74) is 1.97. The van der Waals surface area contributed by atoms with E-state index in [2.05, 4.69) is 25.9 Å². The van der Waals surface area contributed by atoms with Crippen molar-refractivity contribution in [2.45, 2.75) is 19.9 Å². The fourth-order valence-corrected chi connectivity index (χ4v) is 4.65. The molecule has 0 aliphatic heterocycles. The van der Waals surface area contributed by atoms with Crippen LogP contribution in [-0.2, 0) is 11.3 Å². The summed E-state index contributed by atoms with van der Waals surface area (Å²) in [4.78, 5) is 23.6. The summed E-state index contributed by atoms with van der Waals surface area (Å²) in [6.45, 7) is 3.29. The molecule has 2 aromatic carbocycles. The molecule has 0 bridgehead atoms. The van der Waals surface area contributed by atoms with Gasteiger partial charge in [-0.3, -0.25) is 9.69 Å². The smallest absolute Gasteiger partial charge is 0.266 e. The maximum absolute atomic E-state index is 13.1. The number of ether oxygens (including phenoxy) is 1. The van der Waals surface area contributed by atoms with Crippen molar-refractivity contribution in [3.63, 3.8) is 0 Å². The Kier molecular flexibility index (Phi) is 6.44. The van der Waals surface area contributed by atoms with Crippen LogP contribution in [0.2, 0.25) is 0 Å². The van der Waals surface area contributed by atoms with E-state index in [4.69, 9.17) is 4.74 Å². The van der Waals surface area contributed by atoms with Crippen LogP contribution in [0.3, 0.4) is 0 Å². The normalized spacial score (nSPS) is 11.0. The van der Waals surface area contributed by atoms with Gasteiger partial charge in [0.1, 0.15) is 5.75 Å². The molecule has 4 aromatic rings. The fraction of sp³-hybridized carbons (Fsp3) is 0.227. The van der Waals surface area contributed by atoms with E-state index in [0.29, 0.717) is 17.4 Å². The number of halogens is 1. The van der Waals surface area contributed by atoms with Gasteiger partial charge in [-0.25, -0.2) is 9.97 Å². The van der Waals surface area contributed by atoms with Crippen molar-refractivity contribution in [1.29, 1.82) is 0 Å². The number of amides is 1. The van der Waals surface area contributed by atoms with Crippen molar-refractivity contribution < 1.29 is 9.53 Å². The molecular formula is C22H21BrN4O2S. The SMILES string of the molecule is Cc1cccc(OCC(=O)N(CCCn2ccnc2)c2nc3ccc(Br)cc3s2)c1. The van der Waals surface area contributed by atoms with Crippen molar-refractivity contribution in [2.24, 2.45) is 0 Å². The molecule has 2 heterocycles. The molecule has 0 atom stereocenters. The number of aryl methyl sites for hydroxylation is 2. The Hall–Kier alpha value is -2.71. The third-order valence-electron chi connectivity index (χ3n) is 4.58. The van der Waals surface area contributed by atoms with Crippen LogP contribution in [0.5, 0.6) is 5.75 Å². The van der Waals surface area contributed by atoms with Gasteiger partial charge in [0, 0.05) is 30.0 Å². The van der Waals surface area contributed by atoms with Gasteiger partial charge in [-0.1, -0.05) is 39.4 Å². The van der Waals surface area contributed by atoms with Gasteiger partial charge in [0.25, 0.3) is 5.91 Å². The number of carbonyl (C=O) groups excluding carboxylic acids is 1. The van der Waals surface area contributed by atoms with E-state index in [9.17, 15) is 4.79 Å². The largest absolute Gasteiger partial charge is 0.484 e. The van der Waals surface area contributed by atoms with Crippen molar-refractivity contribution in [1.82, 2.24) is 14.5 Å². The minimum absolute atomic E-state index is 0.0336. The first-order chi connectivity index (χ1) is 14.6. The molecule has 1 amide bonds. The maximum Gasteiger partial charge on any atom is 0.266 e. The van der Waals surface area contributed by atoms with Crippen LogP contribution >= 0.6 is 27.3 Å². The van der Waals surface area contributed by atoms with Gasteiger partial charge >= 0.3 is 0 Å². The van der Waals surface area contributed by atoms with Crippen molar-refractivity contribution in [2.75, 3.05) is 18.1 Å². The van der Waals surface area contributed by atoms with Gasteiger partial charge in [0.15, 0.2) is 11.7 Å². The van der Waals surface area contributed by atoms with Crippen molar-refractivity contribution in [3.05, 3.63) is 71.2 Å². The predicted octanol–water partition coefficient (Wildman–Crippen LogP) is 5.07. The van der Waals surface area contributed by atoms with Gasteiger partial charge in [-0.05, 0) is 49.2 Å². The first-order valence-corrected chi connectivity index (χ1v) is 11.2. The second-order valence-corrected chi connectivity index (χ2v) is 8.84. The van der Waals surface area contributed by atoms with Gasteiger partial charge in [-0.15, -0.1) is 0 Å². The van der Waals surface area contributed by atoms with Gasteiger partial charge in [0.05, 0.1) is 16.5 Å². The molecule has 0 aliphatic rings. The number of hydrogen-bond donors (Lipinski definition) is 0. The number of rotatable bonds is 8. The molecule has 0 aliphatic carbocycles. The zero-order valence-corrected chi connectivity index (χ0v) is 18.9. The Balaban J connectivity index is 1.51. The first-order valence-electron chi connectivity index (χ1n) is 9.60. The lowest BCUT2D eigenvalue weighted by Crippen LogP contribution is -2.36. The quantitative estimate of drug-likeness (QED) is 0.350. The van der Waals surface area contributed by atoms with Crippen molar-refractivity contribution in [3.8, 4) is 5.75 Å². The zero-order chi connectivity index (χ0) is 20.9. The minimum atomic E-state index is -0.111. The van der Waals surface area contributed by atoms with Crippen LogP contribution in [-0.4, -0.2) is 33.6 Å². The summed E-state index contributed by atoms with van der Waals surface area (Å²) in [5.74, 6) is 0.579. The van der Waals surface area contributed by atoms with Crippen LogP contribution in [0.15, 0.2) is 65.7 Å². The first kappa shape index (κ1) is 20.6. The molecule has 0 unspecified atom stereocenters. The summed E-state index contributed by atoms with van der Waals surface area (Å²) in [6.07, 6.45) is 6.24. The monoisotopic (exact) mass is 484 g/mol. The number of hydrogen-bond acceptors (Lipinski definition) is 5. The van der Waals surface area contributed by atoms with E-state index in [1.165, 1.54) is 11.3 Å². The van der Waals surface area contributed by atoms with E-state index in [1.54, 1.807) is 17.4 Å². The Morgan fingerprint density at radius 3 is 2.97 bits per heavy atom. The molecule has 0 spiro atoms. The molecule has 0 fully saturated rings. The molecule has 0 saturated carbocycles. The third-order valence-corrected chi connectivity index (χ3v) is 6.11. The summed E-state index contributed by atoms with van der Waals surface area (Å²) in [6, 6.07) is 13.6. The Labute approximate surface area is 187 Å². The average molecular weight is 485 g/mol. The molecule has 30 heavy (non-hydrogen) atoms. The average Bonchev–Trinajstić information content (AvgIpc) is 3.38. The van der Waals surface area contributed by atoms with Crippen LogP contribution in [0, 0.1) is 6.92 Å². The molecule has 8 heteroatoms. The molecule has 0 N–H and O–H groups in total. The number of imidazole rings is 1. The zero-order valence-electron chi connectivity index (χ0n) is 16.5. The summed E-state index contributed by atoms with van der Waals surface area (Å²) in [5, 5.41) is 0.687. The summed E-state index contributed by atoms with van der Waals surface area (Å²) < 4.78 is 9.79. The van der Waals surface area contributed by atoms with E-state index >= 15 is 0 Å². The number of fused-ring (bicyclic) bond motifs is 1. The Morgan fingerprint density at radius 1 is 1.27 bits per heavy atom.